The van der Waals surface area contributed by atoms with Gasteiger partial charge >= 0.3 is 0 Å². The van der Waals surface area contributed by atoms with Crippen LogP contribution in [0.1, 0.15) is 101 Å². The monoisotopic (exact) mass is 936 g/mol. The lowest BCUT2D eigenvalue weighted by atomic mass is 10.0. The SMILES string of the molecule is CCCCc1ccc(-c2cc3c4cc(-c5ccc(CCCC)cc5)sc4c4c(sc5c6sc(-c7ccc(CCCC)cc7)cc6c6cc(-c7ccc(CCCC)cc7)sc6c54)c3s2)cc1. The molecule has 0 aliphatic carbocycles. The Morgan fingerprint density at radius 2 is 0.523 bits per heavy atom. The average Bonchev–Trinajstić information content (AvgIpc) is 4.20. The highest BCUT2D eigenvalue weighted by Crippen LogP contribution is 2.57. The molecule has 5 heteroatoms. The molecule has 11 rings (SSSR count). The number of fused-ring (bicyclic) bond motifs is 13. The standard InChI is InChI=1S/C60H56S5/c1-5-9-13-37-17-25-41(26-18-37)49-33-45-47-35-51(43-29-21-39(22-30-43)15-11-7-3)63-57(47)59-53(55(45)61-49)54-56-46(34-50(62-56)42-27-19-38(20-28-42)14-10-6-2)48-36-52(64-58(48)60(54)65-59)44-31-23-40(24-32-44)16-12-8-4/h17-36H,5-16H2,1-4H3. The number of hydrogen-bond donors (Lipinski definition) is 0. The summed E-state index contributed by atoms with van der Waals surface area (Å²) in [5.41, 5.74) is 11.0. The largest absolute Gasteiger partial charge is 0.134 e. The molecule has 326 valence electrons. The molecule has 0 nitrogen and oxygen atoms in total. The van der Waals surface area contributed by atoms with Gasteiger partial charge in [-0.1, -0.05) is 150 Å². The number of aryl methyl sites for hydroxylation is 4. The Morgan fingerprint density at radius 1 is 0.277 bits per heavy atom. The molecule has 0 saturated carbocycles. The summed E-state index contributed by atoms with van der Waals surface area (Å²) in [5.74, 6) is 0. The van der Waals surface area contributed by atoms with Gasteiger partial charge in [0.05, 0.1) is 18.8 Å². The van der Waals surface area contributed by atoms with Crippen molar-refractivity contribution >= 4 is 117 Å². The van der Waals surface area contributed by atoms with Crippen molar-refractivity contribution in [3.05, 3.63) is 144 Å². The summed E-state index contributed by atoms with van der Waals surface area (Å²) in [6.07, 6.45) is 14.4. The molecule has 0 N–H and O–H groups in total. The van der Waals surface area contributed by atoms with Crippen LogP contribution in [-0.2, 0) is 25.7 Å². The van der Waals surface area contributed by atoms with Gasteiger partial charge in [-0.15, -0.1) is 56.7 Å². The first-order valence-electron chi connectivity index (χ1n) is 24.1. The van der Waals surface area contributed by atoms with Crippen molar-refractivity contribution in [1.29, 1.82) is 0 Å². The lowest BCUT2D eigenvalue weighted by Crippen LogP contribution is -1.83. The van der Waals surface area contributed by atoms with Crippen LogP contribution in [0.5, 0.6) is 0 Å². The van der Waals surface area contributed by atoms with Gasteiger partial charge in [-0.25, -0.2) is 0 Å². The smallest absolute Gasteiger partial charge is 0.0549 e. The second kappa shape index (κ2) is 18.6. The van der Waals surface area contributed by atoms with E-state index in [-0.39, 0.29) is 0 Å². The van der Waals surface area contributed by atoms with Crippen LogP contribution in [-0.4, -0.2) is 0 Å². The molecule has 0 bridgehead atoms. The molecule has 11 aromatic rings. The summed E-state index contributed by atoms with van der Waals surface area (Å²) in [5, 5.41) is 8.50. The molecule has 5 aromatic heterocycles. The Morgan fingerprint density at radius 3 is 0.785 bits per heavy atom. The molecule has 65 heavy (non-hydrogen) atoms. The quantitative estimate of drug-likeness (QED) is 0.0906. The van der Waals surface area contributed by atoms with E-state index in [2.05, 4.69) is 160 Å². The summed E-state index contributed by atoms with van der Waals surface area (Å²) in [4.78, 5) is 5.43. The Labute approximate surface area is 404 Å². The van der Waals surface area contributed by atoms with Gasteiger partial charge in [-0.3, -0.25) is 0 Å². The molecule has 0 aliphatic heterocycles. The minimum Gasteiger partial charge on any atom is -0.134 e. The van der Waals surface area contributed by atoms with E-state index in [9.17, 15) is 0 Å². The maximum atomic E-state index is 2.53. The minimum absolute atomic E-state index is 1.15. The average molecular weight is 937 g/mol. The van der Waals surface area contributed by atoms with Gasteiger partial charge < -0.3 is 0 Å². The molecule has 6 aromatic carbocycles. The fourth-order valence-corrected chi connectivity index (χ4v) is 16.3. The van der Waals surface area contributed by atoms with E-state index in [4.69, 9.17) is 0 Å². The first-order valence-corrected chi connectivity index (χ1v) is 28.2. The molecular weight excluding hydrogens is 881 g/mol. The van der Waals surface area contributed by atoms with Gasteiger partial charge in [-0.2, -0.15) is 0 Å². The van der Waals surface area contributed by atoms with Crippen LogP contribution < -0.4 is 0 Å². The Hall–Kier alpha value is -4.62. The van der Waals surface area contributed by atoms with Gasteiger partial charge in [0.2, 0.25) is 0 Å². The van der Waals surface area contributed by atoms with Crippen LogP contribution in [0.15, 0.2) is 121 Å². The van der Waals surface area contributed by atoms with E-state index in [0.717, 1.165) is 25.7 Å². The summed E-state index contributed by atoms with van der Waals surface area (Å²) in [6, 6.07) is 48.0. The molecule has 5 heterocycles. The molecule has 0 saturated heterocycles. The number of thiophene rings is 5. The van der Waals surface area contributed by atoms with Gasteiger partial charge in [0.1, 0.15) is 0 Å². The van der Waals surface area contributed by atoms with Gasteiger partial charge in [0.25, 0.3) is 0 Å². The molecule has 0 atom stereocenters. The lowest BCUT2D eigenvalue weighted by Gasteiger charge is -2.02. The van der Waals surface area contributed by atoms with Crippen molar-refractivity contribution in [2.24, 2.45) is 0 Å². The normalized spacial score (nSPS) is 12.1. The lowest BCUT2D eigenvalue weighted by molar-refractivity contribution is 0.795. The summed E-state index contributed by atoms with van der Waals surface area (Å²) in [6.45, 7) is 9.13. The molecule has 0 fully saturated rings. The third-order valence-electron chi connectivity index (χ3n) is 13.5. The number of hydrogen-bond acceptors (Lipinski definition) is 5. The van der Waals surface area contributed by atoms with Crippen molar-refractivity contribution in [3.8, 4) is 41.8 Å². The van der Waals surface area contributed by atoms with Gasteiger partial charge in [0, 0.05) is 61.2 Å². The highest BCUT2D eigenvalue weighted by atomic mass is 32.1. The molecule has 0 radical (unpaired) electrons. The number of benzene rings is 6. The van der Waals surface area contributed by atoms with E-state index < -0.39 is 0 Å². The third kappa shape index (κ3) is 8.10. The molecule has 0 aliphatic rings. The fraction of sp³-hybridized carbons (Fsp3) is 0.267. The van der Waals surface area contributed by atoms with E-state index in [0.29, 0.717) is 0 Å². The van der Waals surface area contributed by atoms with E-state index in [1.165, 1.54) is 176 Å². The predicted molar refractivity (Wildman–Crippen MR) is 297 cm³/mol. The second-order valence-electron chi connectivity index (χ2n) is 18.1. The maximum absolute atomic E-state index is 2.53. The van der Waals surface area contributed by atoms with E-state index in [1.807, 2.05) is 45.3 Å². The van der Waals surface area contributed by atoms with Crippen molar-refractivity contribution < 1.29 is 0 Å². The maximum Gasteiger partial charge on any atom is 0.0549 e. The zero-order valence-electron chi connectivity index (χ0n) is 38.1. The summed E-state index contributed by atoms with van der Waals surface area (Å²) in [7, 11) is 0. The first-order chi connectivity index (χ1) is 32.0. The van der Waals surface area contributed by atoms with E-state index in [1.54, 1.807) is 0 Å². The van der Waals surface area contributed by atoms with Crippen molar-refractivity contribution in [1.82, 2.24) is 0 Å². The highest BCUT2D eigenvalue weighted by Gasteiger charge is 2.25. The predicted octanol–water partition coefficient (Wildman–Crippen LogP) is 21.0. The number of rotatable bonds is 16. The summed E-state index contributed by atoms with van der Waals surface area (Å²) >= 11 is 10.1. The zero-order valence-corrected chi connectivity index (χ0v) is 42.2. The minimum atomic E-state index is 1.15. The molecule has 0 spiro atoms. The van der Waals surface area contributed by atoms with Crippen LogP contribution in [0.3, 0.4) is 0 Å². The van der Waals surface area contributed by atoms with Crippen molar-refractivity contribution in [3.63, 3.8) is 0 Å². The van der Waals surface area contributed by atoms with Crippen LogP contribution in [0.4, 0.5) is 0 Å². The first kappa shape index (κ1) is 43.0. The Bertz CT molecular complexity index is 3200. The number of unbranched alkanes of at least 4 members (excludes halogenated alkanes) is 4. The van der Waals surface area contributed by atoms with Crippen molar-refractivity contribution in [2.75, 3.05) is 0 Å². The highest BCUT2D eigenvalue weighted by molar-refractivity contribution is 7.37. The van der Waals surface area contributed by atoms with Crippen LogP contribution in [0.25, 0.3) is 102 Å². The molecular formula is C60H56S5. The fourth-order valence-electron chi connectivity index (χ4n) is 9.69. The second-order valence-corrected chi connectivity index (χ2v) is 23.4. The van der Waals surface area contributed by atoms with Crippen molar-refractivity contribution in [2.45, 2.75) is 105 Å². The zero-order chi connectivity index (χ0) is 44.0. The van der Waals surface area contributed by atoms with Crippen LogP contribution in [0.2, 0.25) is 0 Å². The topological polar surface area (TPSA) is 0 Å². The van der Waals surface area contributed by atoms with E-state index >= 15 is 0 Å². The third-order valence-corrected chi connectivity index (χ3v) is 19.8. The molecule has 0 amide bonds. The summed E-state index contributed by atoms with van der Waals surface area (Å²) < 4.78 is 8.61. The van der Waals surface area contributed by atoms with Gasteiger partial charge in [0.15, 0.2) is 0 Å². The van der Waals surface area contributed by atoms with Crippen LogP contribution in [0, 0.1) is 0 Å². The Balaban J connectivity index is 1.17. The van der Waals surface area contributed by atoms with Gasteiger partial charge in [-0.05, 0) is 120 Å². The van der Waals surface area contributed by atoms with Crippen LogP contribution >= 0.6 is 56.7 Å². The Kier molecular flexibility index (Phi) is 12.3. The molecule has 0 unspecified atom stereocenters.